The molecule has 0 saturated carbocycles. The number of benzene rings is 2. The van der Waals surface area contributed by atoms with Gasteiger partial charge in [-0.1, -0.05) is 0 Å². The van der Waals surface area contributed by atoms with Gasteiger partial charge in [0.2, 0.25) is 0 Å². The summed E-state index contributed by atoms with van der Waals surface area (Å²) in [5.74, 6) is 0.0664. The van der Waals surface area contributed by atoms with Crippen LogP contribution in [0.25, 0.3) is 0 Å². The van der Waals surface area contributed by atoms with Crippen molar-refractivity contribution in [2.75, 3.05) is 11.3 Å². The fourth-order valence-corrected chi connectivity index (χ4v) is 3.04. The second kappa shape index (κ2) is 6.76. The number of hydrogen-bond acceptors (Lipinski definition) is 5. The predicted octanol–water partition coefficient (Wildman–Crippen LogP) is 2.91. The molecule has 0 aromatic heterocycles. The van der Waals surface area contributed by atoms with E-state index in [0.717, 1.165) is 0 Å². The summed E-state index contributed by atoms with van der Waals surface area (Å²) in [7, 11) is -3.70. The van der Waals surface area contributed by atoms with Crippen LogP contribution >= 0.6 is 12.2 Å². The first kappa shape index (κ1) is 16.3. The van der Waals surface area contributed by atoms with Crippen LogP contribution in [0.1, 0.15) is 12.5 Å². The smallest absolute Gasteiger partial charge is 0.261 e. The maximum absolute atomic E-state index is 12.3. The molecule has 0 saturated heterocycles. The second-order valence-electron chi connectivity index (χ2n) is 4.40. The van der Waals surface area contributed by atoms with E-state index < -0.39 is 10.0 Å². The Bertz CT molecular complexity index is 753. The molecular formula is C15H15NO4S2. The number of thiocarbonyl (C=S) groups is 1. The van der Waals surface area contributed by atoms with Crippen LogP contribution in [0.3, 0.4) is 0 Å². The molecular weight excluding hydrogens is 322 g/mol. The van der Waals surface area contributed by atoms with Crippen LogP contribution in [0.2, 0.25) is 0 Å². The van der Waals surface area contributed by atoms with Crippen LogP contribution in [0.5, 0.6) is 5.75 Å². The van der Waals surface area contributed by atoms with E-state index in [2.05, 4.69) is 4.72 Å². The first-order valence-corrected chi connectivity index (χ1v) is 8.40. The number of anilines is 1. The van der Waals surface area contributed by atoms with E-state index in [4.69, 9.17) is 17.0 Å². The van der Waals surface area contributed by atoms with Crippen LogP contribution in [0, 0.1) is 0 Å². The monoisotopic (exact) mass is 337 g/mol. The normalized spacial score (nSPS) is 11.0. The minimum absolute atomic E-state index is 0.0664. The lowest BCUT2D eigenvalue weighted by atomic mass is 10.2. The molecule has 0 aliphatic carbocycles. The zero-order chi connectivity index (χ0) is 16.2. The Morgan fingerprint density at radius 3 is 2.27 bits per heavy atom. The lowest BCUT2D eigenvalue weighted by Gasteiger charge is -2.09. The van der Waals surface area contributed by atoms with Crippen LogP contribution in [-0.4, -0.2) is 25.2 Å². The number of rotatable bonds is 5. The number of phenolic OH excluding ortho intramolecular Hbond substituents is 1. The van der Waals surface area contributed by atoms with Gasteiger partial charge < -0.3 is 9.84 Å². The van der Waals surface area contributed by atoms with Crippen LogP contribution in [-0.2, 0) is 14.8 Å². The molecule has 2 aromatic carbocycles. The molecule has 0 unspecified atom stereocenters. The molecule has 2 aromatic rings. The number of sulfonamides is 1. The van der Waals surface area contributed by atoms with E-state index >= 15 is 0 Å². The Hall–Kier alpha value is -2.12. The molecule has 5 nitrogen and oxygen atoms in total. The van der Waals surface area contributed by atoms with E-state index in [1.165, 1.54) is 36.4 Å². The molecule has 22 heavy (non-hydrogen) atoms. The fraction of sp³-hybridized carbons (Fsp3) is 0.133. The van der Waals surface area contributed by atoms with Gasteiger partial charge in [-0.2, -0.15) is 0 Å². The summed E-state index contributed by atoms with van der Waals surface area (Å²) < 4.78 is 32.1. The van der Waals surface area contributed by atoms with E-state index in [-0.39, 0.29) is 10.6 Å². The van der Waals surface area contributed by atoms with E-state index in [1.807, 2.05) is 6.92 Å². The Morgan fingerprint density at radius 1 is 1.14 bits per heavy atom. The van der Waals surface area contributed by atoms with E-state index in [0.29, 0.717) is 22.9 Å². The van der Waals surface area contributed by atoms with Crippen molar-refractivity contribution in [2.24, 2.45) is 0 Å². The highest BCUT2D eigenvalue weighted by Crippen LogP contribution is 2.19. The quantitative estimate of drug-likeness (QED) is 0.648. The van der Waals surface area contributed by atoms with Crippen molar-refractivity contribution >= 4 is 33.0 Å². The van der Waals surface area contributed by atoms with E-state index in [9.17, 15) is 13.5 Å². The molecule has 0 heterocycles. The Balaban J connectivity index is 2.19. The van der Waals surface area contributed by atoms with Gasteiger partial charge in [0, 0.05) is 11.3 Å². The number of hydrogen-bond donors (Lipinski definition) is 2. The molecule has 0 bridgehead atoms. The third kappa shape index (κ3) is 3.96. The summed E-state index contributed by atoms with van der Waals surface area (Å²) >= 11 is 5.06. The average Bonchev–Trinajstić information content (AvgIpc) is 2.50. The minimum Gasteiger partial charge on any atom is -0.508 e. The third-order valence-electron chi connectivity index (χ3n) is 2.80. The maximum Gasteiger partial charge on any atom is 0.261 e. The molecule has 116 valence electrons. The van der Waals surface area contributed by atoms with Gasteiger partial charge in [-0.15, -0.1) is 0 Å². The Morgan fingerprint density at radius 2 is 1.73 bits per heavy atom. The molecule has 0 spiro atoms. The lowest BCUT2D eigenvalue weighted by Crippen LogP contribution is -2.13. The van der Waals surface area contributed by atoms with Crippen LogP contribution < -0.4 is 4.72 Å². The fourth-order valence-electron chi connectivity index (χ4n) is 1.73. The predicted molar refractivity (Wildman–Crippen MR) is 88.7 cm³/mol. The Labute approximate surface area is 134 Å². The number of nitrogens with one attached hydrogen (secondary N) is 1. The zero-order valence-corrected chi connectivity index (χ0v) is 13.4. The van der Waals surface area contributed by atoms with Crippen molar-refractivity contribution in [3.8, 4) is 5.75 Å². The maximum atomic E-state index is 12.3. The molecule has 2 rings (SSSR count). The highest BCUT2D eigenvalue weighted by Gasteiger charge is 2.14. The molecule has 0 amide bonds. The van der Waals surface area contributed by atoms with Gasteiger partial charge in [-0.3, -0.25) is 4.72 Å². The van der Waals surface area contributed by atoms with Crippen molar-refractivity contribution < 1.29 is 18.3 Å². The van der Waals surface area contributed by atoms with Gasteiger partial charge in [0.05, 0.1) is 11.5 Å². The van der Waals surface area contributed by atoms with Crippen molar-refractivity contribution in [2.45, 2.75) is 11.8 Å². The highest BCUT2D eigenvalue weighted by molar-refractivity contribution is 7.92. The highest BCUT2D eigenvalue weighted by atomic mass is 32.2. The molecule has 0 fully saturated rings. The van der Waals surface area contributed by atoms with E-state index in [1.54, 1.807) is 12.1 Å². The topological polar surface area (TPSA) is 75.6 Å². The van der Waals surface area contributed by atoms with Crippen molar-refractivity contribution in [1.82, 2.24) is 0 Å². The molecule has 0 aliphatic heterocycles. The molecule has 7 heteroatoms. The largest absolute Gasteiger partial charge is 0.508 e. The SMILES string of the molecule is CCOC(=S)c1ccc(S(=O)(=O)Nc2ccc(O)cc2)cc1. The first-order valence-electron chi connectivity index (χ1n) is 6.51. The van der Waals surface area contributed by atoms with Crippen molar-refractivity contribution in [3.63, 3.8) is 0 Å². The number of ether oxygens (including phenoxy) is 1. The summed E-state index contributed by atoms with van der Waals surface area (Å²) in [6.07, 6.45) is 0. The summed E-state index contributed by atoms with van der Waals surface area (Å²) in [6, 6.07) is 11.9. The number of phenols is 1. The van der Waals surface area contributed by atoms with Gasteiger partial charge >= 0.3 is 0 Å². The molecule has 0 radical (unpaired) electrons. The van der Waals surface area contributed by atoms with Gasteiger partial charge in [0.1, 0.15) is 5.75 Å². The lowest BCUT2D eigenvalue weighted by molar-refractivity contribution is 0.337. The molecule has 0 atom stereocenters. The summed E-state index contributed by atoms with van der Waals surface area (Å²) in [4.78, 5) is 0.114. The molecule has 2 N–H and O–H groups in total. The minimum atomic E-state index is -3.70. The van der Waals surface area contributed by atoms with Gasteiger partial charge in [0.15, 0.2) is 5.05 Å². The van der Waals surface area contributed by atoms with Gasteiger partial charge in [-0.25, -0.2) is 8.42 Å². The zero-order valence-electron chi connectivity index (χ0n) is 11.8. The standard InChI is InChI=1S/C15H15NO4S2/c1-2-20-15(21)11-3-9-14(10-4-11)22(18,19)16-12-5-7-13(17)8-6-12/h3-10,16-17H,2H2,1H3. The molecule has 0 aliphatic rings. The number of aromatic hydroxyl groups is 1. The third-order valence-corrected chi connectivity index (χ3v) is 4.55. The summed E-state index contributed by atoms with van der Waals surface area (Å²) in [5, 5.41) is 9.53. The second-order valence-corrected chi connectivity index (χ2v) is 6.45. The van der Waals surface area contributed by atoms with Crippen molar-refractivity contribution in [3.05, 3.63) is 54.1 Å². The Kier molecular flexibility index (Phi) is 4.99. The van der Waals surface area contributed by atoms with Gasteiger partial charge in [0.25, 0.3) is 10.0 Å². The van der Waals surface area contributed by atoms with Crippen LogP contribution in [0.4, 0.5) is 5.69 Å². The first-order chi connectivity index (χ1) is 10.4. The average molecular weight is 337 g/mol. The summed E-state index contributed by atoms with van der Waals surface area (Å²) in [6.45, 7) is 2.29. The van der Waals surface area contributed by atoms with Crippen molar-refractivity contribution in [1.29, 1.82) is 0 Å². The summed E-state index contributed by atoms with van der Waals surface area (Å²) in [5.41, 5.74) is 1.02. The van der Waals surface area contributed by atoms with Gasteiger partial charge in [-0.05, 0) is 67.7 Å². The van der Waals surface area contributed by atoms with Crippen LogP contribution in [0.15, 0.2) is 53.4 Å².